The van der Waals surface area contributed by atoms with Gasteiger partial charge in [-0.1, -0.05) is 18.9 Å². The van der Waals surface area contributed by atoms with Crippen molar-refractivity contribution in [1.29, 1.82) is 0 Å². The first-order valence-corrected chi connectivity index (χ1v) is 6.46. The summed E-state index contributed by atoms with van der Waals surface area (Å²) >= 11 is 0. The molecule has 1 aliphatic heterocycles. The fourth-order valence-corrected chi connectivity index (χ4v) is 2.62. The predicted molar refractivity (Wildman–Crippen MR) is 72.3 cm³/mol. The molecule has 0 saturated carbocycles. The van der Waals surface area contributed by atoms with Crippen LogP contribution in [0.1, 0.15) is 31.2 Å². The topological polar surface area (TPSA) is 49.5 Å². The van der Waals surface area contributed by atoms with Crippen LogP contribution >= 0.6 is 0 Å². The summed E-state index contributed by atoms with van der Waals surface area (Å²) in [6, 6.07) is 6.40. The van der Waals surface area contributed by atoms with Gasteiger partial charge in [0.1, 0.15) is 0 Å². The maximum atomic E-state index is 9.51. The lowest BCUT2D eigenvalue weighted by Gasteiger charge is -2.32. The summed E-state index contributed by atoms with van der Waals surface area (Å²) in [7, 11) is 0. The molecule has 1 atom stereocenters. The average Bonchev–Trinajstić information content (AvgIpc) is 2.54. The van der Waals surface area contributed by atoms with Crippen molar-refractivity contribution >= 4 is 11.4 Å². The zero-order valence-corrected chi connectivity index (χ0v) is 10.5. The molecule has 1 fully saturated rings. The first kappa shape index (κ1) is 12.2. The third-order valence-electron chi connectivity index (χ3n) is 3.58. The van der Waals surface area contributed by atoms with Gasteiger partial charge in [-0.3, -0.25) is 0 Å². The van der Waals surface area contributed by atoms with Gasteiger partial charge in [0.15, 0.2) is 0 Å². The Hall–Kier alpha value is -1.22. The fourth-order valence-electron chi connectivity index (χ4n) is 2.62. The monoisotopic (exact) mass is 234 g/mol. The lowest BCUT2D eigenvalue weighted by Crippen LogP contribution is -2.38. The molecule has 3 nitrogen and oxygen atoms in total. The maximum absolute atomic E-state index is 9.51. The van der Waals surface area contributed by atoms with Crippen LogP contribution in [0.5, 0.6) is 0 Å². The highest BCUT2D eigenvalue weighted by atomic mass is 16.3. The second-order valence-electron chi connectivity index (χ2n) is 4.94. The highest BCUT2D eigenvalue weighted by molar-refractivity contribution is 5.69. The van der Waals surface area contributed by atoms with Crippen molar-refractivity contribution in [3.05, 3.63) is 23.8 Å². The van der Waals surface area contributed by atoms with Crippen molar-refractivity contribution in [2.45, 2.75) is 38.6 Å². The molecular weight excluding hydrogens is 212 g/mol. The third-order valence-corrected chi connectivity index (χ3v) is 3.58. The van der Waals surface area contributed by atoms with Crippen LogP contribution in [-0.4, -0.2) is 24.3 Å². The van der Waals surface area contributed by atoms with Crippen LogP contribution in [0.15, 0.2) is 18.2 Å². The summed E-state index contributed by atoms with van der Waals surface area (Å²) in [5.41, 5.74) is 9.18. The van der Waals surface area contributed by atoms with Crippen LogP contribution in [0.2, 0.25) is 0 Å². The molecule has 1 aromatic carbocycles. The van der Waals surface area contributed by atoms with E-state index in [2.05, 4.69) is 17.0 Å². The van der Waals surface area contributed by atoms with E-state index in [0.717, 1.165) is 24.3 Å². The van der Waals surface area contributed by atoms with E-state index in [1.54, 1.807) is 0 Å². The van der Waals surface area contributed by atoms with Crippen molar-refractivity contribution in [3.63, 3.8) is 0 Å². The first-order valence-electron chi connectivity index (χ1n) is 6.46. The van der Waals surface area contributed by atoms with E-state index in [4.69, 9.17) is 5.73 Å². The Morgan fingerprint density at radius 2 is 2.18 bits per heavy atom. The van der Waals surface area contributed by atoms with E-state index < -0.39 is 0 Å². The molecule has 0 radical (unpaired) electrons. The van der Waals surface area contributed by atoms with E-state index in [1.807, 2.05) is 13.0 Å². The second kappa shape index (κ2) is 5.41. The van der Waals surface area contributed by atoms with Crippen molar-refractivity contribution in [2.24, 2.45) is 0 Å². The summed E-state index contributed by atoms with van der Waals surface area (Å²) < 4.78 is 0. The molecule has 1 aliphatic rings. The standard InChI is InChI=1S/C14H22N2O/c1-11-6-7-14(13(15)9-11)16-8-4-2-3-5-12(16)10-17/h6-7,9,12,17H,2-5,8,10,15H2,1H3. The number of aliphatic hydroxyl groups is 1. The van der Waals surface area contributed by atoms with Gasteiger partial charge in [0.2, 0.25) is 0 Å². The molecule has 94 valence electrons. The zero-order valence-electron chi connectivity index (χ0n) is 10.5. The Morgan fingerprint density at radius 1 is 1.35 bits per heavy atom. The zero-order chi connectivity index (χ0) is 12.3. The van der Waals surface area contributed by atoms with E-state index >= 15 is 0 Å². The maximum Gasteiger partial charge on any atom is 0.0635 e. The number of benzene rings is 1. The molecule has 0 aromatic heterocycles. The smallest absolute Gasteiger partial charge is 0.0635 e. The minimum Gasteiger partial charge on any atom is -0.397 e. The molecular formula is C14H22N2O. The second-order valence-corrected chi connectivity index (χ2v) is 4.94. The van der Waals surface area contributed by atoms with Gasteiger partial charge in [-0.05, 0) is 37.5 Å². The first-order chi connectivity index (χ1) is 8.22. The number of nitrogens with zero attached hydrogens (tertiary/aromatic N) is 1. The number of hydrogen-bond acceptors (Lipinski definition) is 3. The van der Waals surface area contributed by atoms with E-state index in [0.29, 0.717) is 0 Å². The van der Waals surface area contributed by atoms with Gasteiger partial charge in [-0.2, -0.15) is 0 Å². The molecule has 1 saturated heterocycles. The molecule has 1 aromatic rings. The highest BCUT2D eigenvalue weighted by Gasteiger charge is 2.21. The number of hydrogen-bond donors (Lipinski definition) is 2. The molecule has 0 amide bonds. The molecule has 17 heavy (non-hydrogen) atoms. The Bertz CT molecular complexity index is 378. The number of rotatable bonds is 2. The number of aryl methyl sites for hydroxylation is 1. The Balaban J connectivity index is 2.28. The van der Waals surface area contributed by atoms with Gasteiger partial charge in [-0.15, -0.1) is 0 Å². The lowest BCUT2D eigenvalue weighted by atomic mass is 10.1. The molecule has 1 heterocycles. The van der Waals surface area contributed by atoms with Crippen molar-refractivity contribution in [1.82, 2.24) is 0 Å². The number of nitrogen functional groups attached to an aromatic ring is 1. The van der Waals surface area contributed by atoms with Gasteiger partial charge in [0.05, 0.1) is 24.0 Å². The molecule has 0 spiro atoms. The number of aliphatic hydroxyl groups excluding tert-OH is 1. The van der Waals surface area contributed by atoms with Gasteiger partial charge >= 0.3 is 0 Å². The van der Waals surface area contributed by atoms with E-state index in [1.165, 1.54) is 24.8 Å². The molecule has 3 N–H and O–H groups in total. The summed E-state index contributed by atoms with van der Waals surface area (Å²) in [6.07, 6.45) is 4.69. The van der Waals surface area contributed by atoms with Crippen LogP contribution in [0.25, 0.3) is 0 Å². The van der Waals surface area contributed by atoms with Crippen molar-refractivity contribution in [3.8, 4) is 0 Å². The summed E-state index contributed by atoms with van der Waals surface area (Å²) in [5.74, 6) is 0. The van der Waals surface area contributed by atoms with Gasteiger partial charge in [0.25, 0.3) is 0 Å². The quantitative estimate of drug-likeness (QED) is 0.772. The minimum atomic E-state index is 0.216. The lowest BCUT2D eigenvalue weighted by molar-refractivity contribution is 0.255. The van der Waals surface area contributed by atoms with E-state index in [-0.39, 0.29) is 12.6 Å². The molecule has 0 aliphatic carbocycles. The van der Waals surface area contributed by atoms with Gasteiger partial charge in [-0.25, -0.2) is 0 Å². The molecule has 2 rings (SSSR count). The van der Waals surface area contributed by atoms with Crippen LogP contribution in [0.3, 0.4) is 0 Å². The van der Waals surface area contributed by atoms with Crippen molar-refractivity contribution in [2.75, 3.05) is 23.8 Å². The normalized spacial score (nSPS) is 21.3. The Morgan fingerprint density at radius 3 is 2.88 bits per heavy atom. The third kappa shape index (κ3) is 2.72. The predicted octanol–water partition coefficient (Wildman–Crippen LogP) is 2.32. The molecule has 3 heteroatoms. The van der Waals surface area contributed by atoms with Crippen LogP contribution in [0.4, 0.5) is 11.4 Å². The van der Waals surface area contributed by atoms with Gasteiger partial charge < -0.3 is 15.7 Å². The summed E-state index contributed by atoms with van der Waals surface area (Å²) in [4.78, 5) is 2.28. The number of anilines is 2. The SMILES string of the molecule is Cc1ccc(N2CCCCCC2CO)c(N)c1. The Labute approximate surface area is 103 Å². The Kier molecular flexibility index (Phi) is 3.89. The van der Waals surface area contributed by atoms with E-state index in [9.17, 15) is 5.11 Å². The number of nitrogens with two attached hydrogens (primary N) is 1. The molecule has 1 unspecified atom stereocenters. The van der Waals surface area contributed by atoms with Crippen LogP contribution in [-0.2, 0) is 0 Å². The van der Waals surface area contributed by atoms with Crippen LogP contribution < -0.4 is 10.6 Å². The molecule has 0 bridgehead atoms. The van der Waals surface area contributed by atoms with Gasteiger partial charge in [0, 0.05) is 6.54 Å². The average molecular weight is 234 g/mol. The fraction of sp³-hybridized carbons (Fsp3) is 0.571. The highest BCUT2D eigenvalue weighted by Crippen LogP contribution is 2.29. The largest absolute Gasteiger partial charge is 0.397 e. The van der Waals surface area contributed by atoms with Crippen LogP contribution in [0, 0.1) is 6.92 Å². The summed E-state index contributed by atoms with van der Waals surface area (Å²) in [5, 5.41) is 9.51. The minimum absolute atomic E-state index is 0.216. The summed E-state index contributed by atoms with van der Waals surface area (Å²) in [6.45, 7) is 3.26. The van der Waals surface area contributed by atoms with Crippen molar-refractivity contribution < 1.29 is 5.11 Å².